The Morgan fingerprint density at radius 3 is 2.57 bits per heavy atom. The highest BCUT2D eigenvalue weighted by Gasteiger charge is 2.11. The second kappa shape index (κ2) is 9.01. The molecule has 6 nitrogen and oxygen atoms in total. The zero-order valence-corrected chi connectivity index (χ0v) is 16.0. The van der Waals surface area contributed by atoms with Crippen molar-refractivity contribution in [1.82, 2.24) is 10.3 Å². The van der Waals surface area contributed by atoms with Crippen LogP contribution in [0.5, 0.6) is 0 Å². The minimum absolute atomic E-state index is 0.236. The fourth-order valence-corrected chi connectivity index (χ4v) is 2.78. The van der Waals surface area contributed by atoms with E-state index in [4.69, 9.17) is 11.6 Å². The Balaban J connectivity index is 1.79. The lowest BCUT2D eigenvalue weighted by Gasteiger charge is -2.14. The van der Waals surface area contributed by atoms with Gasteiger partial charge in [-0.3, -0.25) is 14.6 Å². The number of rotatable bonds is 6. The summed E-state index contributed by atoms with van der Waals surface area (Å²) in [6, 6.07) is 17.8. The quantitative estimate of drug-likeness (QED) is 0.579. The molecule has 0 unspecified atom stereocenters. The molecule has 28 heavy (non-hydrogen) atoms. The summed E-state index contributed by atoms with van der Waals surface area (Å²) in [5, 5.41) is 9.37. The fourth-order valence-electron chi connectivity index (χ4n) is 2.58. The normalized spacial score (nSPS) is 10.2. The van der Waals surface area contributed by atoms with Crippen LogP contribution in [0.2, 0.25) is 5.02 Å². The third-order valence-electron chi connectivity index (χ3n) is 3.85. The lowest BCUT2D eigenvalue weighted by atomic mass is 10.1. The molecule has 3 N–H and O–H groups in total. The Bertz CT molecular complexity index is 993. The highest BCUT2D eigenvalue weighted by molar-refractivity contribution is 6.30. The molecule has 2 amide bonds. The van der Waals surface area contributed by atoms with Crippen LogP contribution in [-0.4, -0.2) is 16.8 Å². The van der Waals surface area contributed by atoms with E-state index >= 15 is 0 Å². The van der Waals surface area contributed by atoms with Gasteiger partial charge in [-0.2, -0.15) is 0 Å². The molecule has 0 aliphatic heterocycles. The van der Waals surface area contributed by atoms with Crippen LogP contribution in [-0.2, 0) is 11.3 Å². The SMILES string of the molecule is CC(=O)Nc1cc(C(=O)NCc2ccccn2)ccc1Nc1cccc(Cl)c1. The second-order valence-corrected chi connectivity index (χ2v) is 6.52. The van der Waals surface area contributed by atoms with Gasteiger partial charge >= 0.3 is 0 Å². The number of benzene rings is 2. The number of anilines is 3. The van der Waals surface area contributed by atoms with E-state index < -0.39 is 0 Å². The summed E-state index contributed by atoms with van der Waals surface area (Å²) in [6.07, 6.45) is 1.67. The zero-order valence-electron chi connectivity index (χ0n) is 15.2. The highest BCUT2D eigenvalue weighted by atomic mass is 35.5. The van der Waals surface area contributed by atoms with Crippen LogP contribution in [0.15, 0.2) is 66.9 Å². The molecule has 0 saturated carbocycles. The summed E-state index contributed by atoms with van der Waals surface area (Å²) in [7, 11) is 0. The van der Waals surface area contributed by atoms with Crippen LogP contribution < -0.4 is 16.0 Å². The van der Waals surface area contributed by atoms with Crippen molar-refractivity contribution >= 4 is 40.5 Å². The first-order valence-corrected chi connectivity index (χ1v) is 9.01. The number of pyridine rings is 1. The minimum Gasteiger partial charge on any atom is -0.354 e. The Morgan fingerprint density at radius 1 is 1.00 bits per heavy atom. The molecule has 0 radical (unpaired) electrons. The van der Waals surface area contributed by atoms with Crippen LogP contribution in [0.1, 0.15) is 23.0 Å². The van der Waals surface area contributed by atoms with E-state index in [1.165, 1.54) is 6.92 Å². The summed E-state index contributed by atoms with van der Waals surface area (Å²) < 4.78 is 0. The third-order valence-corrected chi connectivity index (χ3v) is 4.09. The number of nitrogens with zero attached hydrogens (tertiary/aromatic N) is 1. The van der Waals surface area contributed by atoms with Crippen LogP contribution in [0, 0.1) is 0 Å². The van der Waals surface area contributed by atoms with E-state index in [0.29, 0.717) is 28.5 Å². The molecule has 1 aromatic heterocycles. The summed E-state index contributed by atoms with van der Waals surface area (Å²) in [4.78, 5) is 28.3. The minimum atomic E-state index is -0.258. The van der Waals surface area contributed by atoms with Gasteiger partial charge in [-0.05, 0) is 48.5 Å². The van der Waals surface area contributed by atoms with Crippen molar-refractivity contribution in [2.24, 2.45) is 0 Å². The lowest BCUT2D eigenvalue weighted by Crippen LogP contribution is -2.23. The van der Waals surface area contributed by atoms with Gasteiger partial charge in [0.1, 0.15) is 0 Å². The summed E-state index contributed by atoms with van der Waals surface area (Å²) in [6.45, 7) is 1.73. The summed E-state index contributed by atoms with van der Waals surface area (Å²) in [5.74, 6) is -0.494. The summed E-state index contributed by atoms with van der Waals surface area (Å²) in [5.41, 5.74) is 3.11. The fraction of sp³-hybridized carbons (Fsp3) is 0.0952. The number of halogens is 1. The highest BCUT2D eigenvalue weighted by Crippen LogP contribution is 2.28. The van der Waals surface area contributed by atoms with Gasteiger partial charge in [0, 0.05) is 29.4 Å². The van der Waals surface area contributed by atoms with Crippen LogP contribution >= 0.6 is 11.6 Å². The molecule has 0 spiro atoms. The van der Waals surface area contributed by atoms with Gasteiger partial charge in [0.2, 0.25) is 5.91 Å². The maximum absolute atomic E-state index is 12.5. The van der Waals surface area contributed by atoms with E-state index in [-0.39, 0.29) is 11.8 Å². The molecular formula is C21H19ClN4O2. The van der Waals surface area contributed by atoms with Gasteiger partial charge in [-0.1, -0.05) is 23.7 Å². The van der Waals surface area contributed by atoms with Crippen molar-refractivity contribution in [2.45, 2.75) is 13.5 Å². The molecule has 0 atom stereocenters. The standard InChI is InChI=1S/C21H19ClN4O2/c1-14(27)25-20-11-15(21(28)24-13-18-6-2-3-10-23-18)8-9-19(20)26-17-7-4-5-16(22)12-17/h2-12,26H,13H2,1H3,(H,24,28)(H,25,27). The van der Waals surface area contributed by atoms with Gasteiger partial charge in [0.15, 0.2) is 0 Å². The second-order valence-electron chi connectivity index (χ2n) is 6.08. The Hall–Kier alpha value is -3.38. The van der Waals surface area contributed by atoms with Crippen molar-refractivity contribution in [3.63, 3.8) is 0 Å². The third kappa shape index (κ3) is 5.31. The van der Waals surface area contributed by atoms with E-state index in [1.54, 1.807) is 36.5 Å². The molecular weight excluding hydrogens is 376 g/mol. The molecule has 142 valence electrons. The van der Waals surface area contributed by atoms with E-state index in [9.17, 15) is 9.59 Å². The Labute approximate surface area is 168 Å². The van der Waals surface area contributed by atoms with E-state index in [0.717, 1.165) is 11.4 Å². The maximum atomic E-state index is 12.5. The average molecular weight is 395 g/mol. The first-order valence-electron chi connectivity index (χ1n) is 8.63. The van der Waals surface area contributed by atoms with Gasteiger partial charge in [0.25, 0.3) is 5.91 Å². The molecule has 2 aromatic carbocycles. The van der Waals surface area contributed by atoms with Crippen molar-refractivity contribution in [3.05, 3.63) is 83.1 Å². The van der Waals surface area contributed by atoms with Crippen LogP contribution in [0.25, 0.3) is 0 Å². The van der Waals surface area contributed by atoms with Crippen LogP contribution in [0.4, 0.5) is 17.1 Å². The number of hydrogen-bond donors (Lipinski definition) is 3. The largest absolute Gasteiger partial charge is 0.354 e. The number of aromatic nitrogens is 1. The first-order chi connectivity index (χ1) is 13.5. The zero-order chi connectivity index (χ0) is 19.9. The lowest BCUT2D eigenvalue weighted by molar-refractivity contribution is -0.114. The molecule has 1 heterocycles. The van der Waals surface area contributed by atoms with Crippen LogP contribution in [0.3, 0.4) is 0 Å². The topological polar surface area (TPSA) is 83.1 Å². The van der Waals surface area contributed by atoms with Gasteiger partial charge in [-0.15, -0.1) is 0 Å². The van der Waals surface area contributed by atoms with Gasteiger partial charge in [-0.25, -0.2) is 0 Å². The van der Waals surface area contributed by atoms with Crippen molar-refractivity contribution < 1.29 is 9.59 Å². The Kier molecular flexibility index (Phi) is 6.24. The predicted molar refractivity (Wildman–Crippen MR) is 111 cm³/mol. The molecule has 7 heteroatoms. The number of carbonyl (C=O) groups excluding carboxylic acids is 2. The molecule has 0 fully saturated rings. The number of hydrogen-bond acceptors (Lipinski definition) is 4. The first kappa shape index (κ1) is 19.4. The Morgan fingerprint density at radius 2 is 1.86 bits per heavy atom. The van der Waals surface area contributed by atoms with E-state index in [2.05, 4.69) is 20.9 Å². The smallest absolute Gasteiger partial charge is 0.251 e. The average Bonchev–Trinajstić information content (AvgIpc) is 2.68. The maximum Gasteiger partial charge on any atom is 0.251 e. The molecule has 3 rings (SSSR count). The van der Waals surface area contributed by atoms with E-state index in [1.807, 2.05) is 30.3 Å². The monoisotopic (exact) mass is 394 g/mol. The van der Waals surface area contributed by atoms with Gasteiger partial charge < -0.3 is 16.0 Å². The van der Waals surface area contributed by atoms with Crippen molar-refractivity contribution in [2.75, 3.05) is 10.6 Å². The van der Waals surface area contributed by atoms with Crippen molar-refractivity contribution in [1.29, 1.82) is 0 Å². The number of amides is 2. The van der Waals surface area contributed by atoms with Gasteiger partial charge in [0.05, 0.1) is 23.6 Å². The molecule has 0 bridgehead atoms. The number of nitrogens with one attached hydrogen (secondary N) is 3. The summed E-state index contributed by atoms with van der Waals surface area (Å²) >= 11 is 6.02. The molecule has 3 aromatic rings. The predicted octanol–water partition coefficient (Wildman–Crippen LogP) is 4.37. The number of carbonyl (C=O) groups is 2. The molecule has 0 aliphatic carbocycles. The molecule has 0 saturated heterocycles. The van der Waals surface area contributed by atoms with Crippen molar-refractivity contribution in [3.8, 4) is 0 Å². The molecule has 0 aliphatic rings.